The van der Waals surface area contributed by atoms with Crippen LogP contribution in [0, 0.1) is 12.8 Å². The van der Waals surface area contributed by atoms with E-state index in [1.54, 1.807) is 28.9 Å². The molecule has 0 spiro atoms. The Morgan fingerprint density at radius 2 is 2.37 bits per heavy atom. The number of nitrogens with one attached hydrogen (secondary N) is 1. The molecule has 1 aliphatic carbocycles. The van der Waals surface area contributed by atoms with Gasteiger partial charge in [-0.1, -0.05) is 6.92 Å². The lowest BCUT2D eigenvalue weighted by atomic mass is 9.89. The minimum absolute atomic E-state index is 0.0937. The van der Waals surface area contributed by atoms with E-state index < -0.39 is 0 Å². The summed E-state index contributed by atoms with van der Waals surface area (Å²) in [5, 5.41) is 6.65. The SMILES string of the molecule is Cc1ccsc1/C=N/NC(=O)Cn1cnc2sc3c(c2c1=O)CCC(C)C3. The predicted octanol–water partition coefficient (Wildman–Crippen LogP) is 3.10. The van der Waals surface area contributed by atoms with Crippen LogP contribution in [-0.2, 0) is 24.2 Å². The molecule has 1 unspecified atom stereocenters. The number of hydrogen-bond donors (Lipinski definition) is 1. The van der Waals surface area contributed by atoms with Crippen LogP contribution < -0.4 is 11.0 Å². The molecule has 0 aromatic carbocycles. The van der Waals surface area contributed by atoms with Gasteiger partial charge in [-0.3, -0.25) is 14.2 Å². The molecule has 140 valence electrons. The van der Waals surface area contributed by atoms with E-state index in [1.807, 2.05) is 18.4 Å². The molecule has 1 N–H and O–H groups in total. The summed E-state index contributed by atoms with van der Waals surface area (Å²) in [6, 6.07) is 2.00. The Labute approximate surface area is 164 Å². The maximum atomic E-state index is 12.9. The highest BCUT2D eigenvalue weighted by Gasteiger charge is 2.23. The molecule has 8 heteroatoms. The molecule has 3 heterocycles. The smallest absolute Gasteiger partial charge is 0.262 e. The fourth-order valence-corrected chi connectivity index (χ4v) is 5.48. The van der Waals surface area contributed by atoms with E-state index in [9.17, 15) is 9.59 Å². The number of fused-ring (bicyclic) bond motifs is 3. The predicted molar refractivity (Wildman–Crippen MR) is 110 cm³/mol. The van der Waals surface area contributed by atoms with Crippen molar-refractivity contribution in [1.82, 2.24) is 15.0 Å². The number of hydrogen-bond acceptors (Lipinski definition) is 6. The second-order valence-corrected chi connectivity index (χ2v) is 9.00. The zero-order chi connectivity index (χ0) is 19.0. The van der Waals surface area contributed by atoms with Gasteiger partial charge in [-0.2, -0.15) is 5.10 Å². The standard InChI is InChI=1S/C19H20N4O2S2/c1-11-3-4-13-14(7-11)27-18-17(13)19(25)23(10-20-18)9-16(24)22-21-8-15-12(2)5-6-26-15/h5-6,8,10-11H,3-4,7,9H2,1-2H3,(H,22,24)/b21-8+. The minimum atomic E-state index is -0.346. The molecule has 4 rings (SSSR count). The van der Waals surface area contributed by atoms with E-state index >= 15 is 0 Å². The van der Waals surface area contributed by atoms with E-state index in [1.165, 1.54) is 15.8 Å². The van der Waals surface area contributed by atoms with Crippen LogP contribution in [0.4, 0.5) is 0 Å². The number of aryl methyl sites for hydroxylation is 2. The van der Waals surface area contributed by atoms with Gasteiger partial charge in [0.2, 0.25) is 0 Å². The molecule has 3 aromatic rings. The minimum Gasteiger partial charge on any atom is -0.289 e. The lowest BCUT2D eigenvalue weighted by molar-refractivity contribution is -0.121. The van der Waals surface area contributed by atoms with Crippen molar-refractivity contribution in [2.75, 3.05) is 0 Å². The lowest BCUT2D eigenvalue weighted by Gasteiger charge is -2.17. The third-order valence-corrected chi connectivity index (χ3v) is 6.98. The first-order valence-corrected chi connectivity index (χ1v) is 10.6. The van der Waals surface area contributed by atoms with Crippen molar-refractivity contribution in [3.63, 3.8) is 0 Å². The molecular formula is C19H20N4O2S2. The Balaban J connectivity index is 1.53. The van der Waals surface area contributed by atoms with Crippen molar-refractivity contribution in [2.24, 2.45) is 11.0 Å². The number of thiophene rings is 2. The van der Waals surface area contributed by atoms with Crippen molar-refractivity contribution in [3.05, 3.63) is 49.0 Å². The number of nitrogens with zero attached hydrogens (tertiary/aromatic N) is 3. The second-order valence-electron chi connectivity index (χ2n) is 6.97. The summed E-state index contributed by atoms with van der Waals surface area (Å²) >= 11 is 3.17. The quantitative estimate of drug-likeness (QED) is 0.540. The summed E-state index contributed by atoms with van der Waals surface area (Å²) in [7, 11) is 0. The van der Waals surface area contributed by atoms with Crippen molar-refractivity contribution >= 4 is 45.0 Å². The van der Waals surface area contributed by atoms with Gasteiger partial charge in [0.25, 0.3) is 11.5 Å². The summed E-state index contributed by atoms with van der Waals surface area (Å²) < 4.78 is 1.37. The number of carbonyl (C=O) groups excluding carboxylic acids is 1. The average Bonchev–Trinajstić information content (AvgIpc) is 3.20. The first-order valence-electron chi connectivity index (χ1n) is 8.88. The summed E-state index contributed by atoms with van der Waals surface area (Å²) in [4.78, 5) is 32.5. The molecule has 1 aliphatic rings. The molecule has 27 heavy (non-hydrogen) atoms. The number of rotatable bonds is 4. The van der Waals surface area contributed by atoms with Crippen LogP contribution >= 0.6 is 22.7 Å². The van der Waals surface area contributed by atoms with Gasteiger partial charge in [0.15, 0.2) is 0 Å². The maximum absolute atomic E-state index is 12.9. The maximum Gasteiger partial charge on any atom is 0.262 e. The topological polar surface area (TPSA) is 76.3 Å². The number of hydrazone groups is 1. The van der Waals surface area contributed by atoms with Crippen LogP contribution in [0.5, 0.6) is 0 Å². The Morgan fingerprint density at radius 3 is 3.15 bits per heavy atom. The Bertz CT molecular complexity index is 1090. The molecule has 0 bridgehead atoms. The Kier molecular flexibility index (Phi) is 4.92. The molecular weight excluding hydrogens is 380 g/mol. The summed E-state index contributed by atoms with van der Waals surface area (Å²) in [6.45, 7) is 4.13. The molecule has 0 fully saturated rings. The van der Waals surface area contributed by atoms with E-state index in [4.69, 9.17) is 0 Å². The van der Waals surface area contributed by atoms with Crippen molar-refractivity contribution in [3.8, 4) is 0 Å². The van der Waals surface area contributed by atoms with Gasteiger partial charge in [0.05, 0.1) is 17.9 Å². The van der Waals surface area contributed by atoms with Gasteiger partial charge in [-0.05, 0) is 54.7 Å². The van der Waals surface area contributed by atoms with Crippen LogP contribution in [0.15, 0.2) is 27.7 Å². The van der Waals surface area contributed by atoms with Crippen molar-refractivity contribution in [2.45, 2.75) is 39.7 Å². The van der Waals surface area contributed by atoms with Gasteiger partial charge in [-0.25, -0.2) is 10.4 Å². The highest BCUT2D eigenvalue weighted by molar-refractivity contribution is 7.18. The molecule has 0 saturated heterocycles. The third-order valence-electron chi connectivity index (χ3n) is 4.87. The van der Waals surface area contributed by atoms with Crippen LogP contribution in [0.1, 0.15) is 34.2 Å². The fraction of sp³-hybridized carbons (Fsp3) is 0.368. The van der Waals surface area contributed by atoms with Crippen molar-refractivity contribution < 1.29 is 4.79 Å². The summed E-state index contributed by atoms with van der Waals surface area (Å²) in [6.07, 6.45) is 6.09. The van der Waals surface area contributed by atoms with Crippen LogP contribution in [-0.4, -0.2) is 21.7 Å². The third kappa shape index (κ3) is 3.59. The highest BCUT2D eigenvalue weighted by Crippen LogP contribution is 2.35. The first kappa shape index (κ1) is 18.1. The first-order chi connectivity index (χ1) is 13.0. The zero-order valence-electron chi connectivity index (χ0n) is 15.2. The van der Waals surface area contributed by atoms with E-state index in [0.717, 1.165) is 40.1 Å². The van der Waals surface area contributed by atoms with Crippen LogP contribution in [0.25, 0.3) is 10.2 Å². The molecule has 0 aliphatic heterocycles. The van der Waals surface area contributed by atoms with E-state index in [-0.39, 0.29) is 18.0 Å². The molecule has 3 aromatic heterocycles. The number of carbonyl (C=O) groups is 1. The van der Waals surface area contributed by atoms with Crippen LogP contribution in [0.2, 0.25) is 0 Å². The fourth-order valence-electron chi connectivity index (χ4n) is 3.35. The van der Waals surface area contributed by atoms with Gasteiger partial charge in [-0.15, -0.1) is 22.7 Å². The van der Waals surface area contributed by atoms with Gasteiger partial charge in [0, 0.05) is 9.75 Å². The van der Waals surface area contributed by atoms with Gasteiger partial charge < -0.3 is 0 Å². The van der Waals surface area contributed by atoms with Crippen LogP contribution in [0.3, 0.4) is 0 Å². The highest BCUT2D eigenvalue weighted by atomic mass is 32.1. The number of aromatic nitrogens is 2. The molecule has 1 atom stereocenters. The lowest BCUT2D eigenvalue weighted by Crippen LogP contribution is -2.30. The van der Waals surface area contributed by atoms with Gasteiger partial charge in [0.1, 0.15) is 11.4 Å². The molecule has 1 amide bonds. The van der Waals surface area contributed by atoms with E-state index in [0.29, 0.717) is 11.3 Å². The Morgan fingerprint density at radius 1 is 1.52 bits per heavy atom. The average molecular weight is 401 g/mol. The second kappa shape index (κ2) is 7.36. The molecule has 0 saturated carbocycles. The normalized spacial score (nSPS) is 16.7. The van der Waals surface area contributed by atoms with Gasteiger partial charge >= 0.3 is 0 Å². The monoisotopic (exact) mass is 400 g/mol. The summed E-state index contributed by atoms with van der Waals surface area (Å²) in [5.41, 5.74) is 4.59. The zero-order valence-corrected chi connectivity index (χ0v) is 16.8. The number of amides is 1. The molecule has 0 radical (unpaired) electrons. The summed E-state index contributed by atoms with van der Waals surface area (Å²) in [5.74, 6) is 0.296. The Hall–Kier alpha value is -2.32. The van der Waals surface area contributed by atoms with E-state index in [2.05, 4.69) is 22.4 Å². The largest absolute Gasteiger partial charge is 0.289 e. The van der Waals surface area contributed by atoms with Crippen molar-refractivity contribution in [1.29, 1.82) is 0 Å². The molecule has 6 nitrogen and oxygen atoms in total.